The van der Waals surface area contributed by atoms with Crippen LogP contribution in [0.2, 0.25) is 0 Å². The SMILES string of the molecule is CCCCCCCC/C=C\CCCCCCCCOB(O)O.OCC(O)CO.OCC(O)CO. The molecular weight excluding hydrogens is 443 g/mol. The molecule has 0 bridgehead atoms. The van der Waals surface area contributed by atoms with Crippen LogP contribution < -0.4 is 0 Å². The van der Waals surface area contributed by atoms with Crippen LogP contribution in [0.4, 0.5) is 0 Å². The quantitative estimate of drug-likeness (QED) is 0.0669. The summed E-state index contributed by atoms with van der Waals surface area (Å²) in [4.78, 5) is 0. The molecule has 0 aliphatic rings. The van der Waals surface area contributed by atoms with Gasteiger partial charge in [0.15, 0.2) is 0 Å². The number of rotatable bonds is 21. The third-order valence-electron chi connectivity index (χ3n) is 4.77. The van der Waals surface area contributed by atoms with Crippen LogP contribution in [0.25, 0.3) is 0 Å². The van der Waals surface area contributed by atoms with Crippen LogP contribution in [0.1, 0.15) is 96.8 Å². The predicted octanol–water partition coefficient (Wildman–Crippen LogP) is 1.67. The normalized spacial score (nSPS) is 10.9. The number of hydrogen-bond donors (Lipinski definition) is 8. The summed E-state index contributed by atoms with van der Waals surface area (Å²) in [7, 11) is -1.61. The fourth-order valence-corrected chi connectivity index (χ4v) is 2.65. The standard InChI is InChI=1S/C18H37BO3.2C3H8O3/c1-2-3-4-5-6-7-8-9-10-11-12-13-14-15-16-17-18-22-19(20)21;2*4-1-3(6)2-5/h9-10,20-21H,2-8,11-18H2,1H3;2*3-6H,1-2H2/b10-9-;;. The molecule has 0 saturated carbocycles. The van der Waals surface area contributed by atoms with Gasteiger partial charge in [0.1, 0.15) is 12.2 Å². The Morgan fingerprint density at radius 3 is 1.26 bits per heavy atom. The van der Waals surface area contributed by atoms with E-state index in [4.69, 9.17) is 40.7 Å². The van der Waals surface area contributed by atoms with Crippen LogP contribution in [0.5, 0.6) is 0 Å². The topological polar surface area (TPSA) is 171 Å². The Morgan fingerprint density at radius 2 is 0.941 bits per heavy atom. The van der Waals surface area contributed by atoms with E-state index in [1.165, 1.54) is 77.0 Å². The summed E-state index contributed by atoms with van der Waals surface area (Å²) in [6.45, 7) is 1.25. The summed E-state index contributed by atoms with van der Waals surface area (Å²) in [6.07, 6.45) is 20.7. The molecule has 0 amide bonds. The van der Waals surface area contributed by atoms with E-state index in [-0.39, 0.29) is 26.4 Å². The van der Waals surface area contributed by atoms with E-state index in [1.807, 2.05) is 0 Å². The van der Waals surface area contributed by atoms with Crippen LogP contribution >= 0.6 is 0 Å². The van der Waals surface area contributed by atoms with Crippen LogP contribution in [0, 0.1) is 0 Å². The Kier molecular flexibility index (Phi) is 38.7. The van der Waals surface area contributed by atoms with Crippen molar-refractivity contribution in [1.29, 1.82) is 0 Å². The van der Waals surface area contributed by atoms with Gasteiger partial charge in [-0.25, -0.2) is 0 Å². The first-order valence-electron chi connectivity index (χ1n) is 12.8. The maximum Gasteiger partial charge on any atom is 0.633 e. The van der Waals surface area contributed by atoms with E-state index in [1.54, 1.807) is 0 Å². The second kappa shape index (κ2) is 34.6. The lowest BCUT2D eigenvalue weighted by Gasteiger charge is -2.02. The molecule has 0 aliphatic carbocycles. The molecule has 0 unspecified atom stereocenters. The Hall–Kier alpha value is -0.555. The van der Waals surface area contributed by atoms with Crippen molar-refractivity contribution in [1.82, 2.24) is 0 Å². The Bertz CT molecular complexity index is 356. The number of unbranched alkanes of at least 4 members (excludes halogenated alkanes) is 12. The Balaban J connectivity index is -0.000000653. The number of allylic oxidation sites excluding steroid dienone is 2. The number of aliphatic hydroxyl groups is 6. The van der Waals surface area contributed by atoms with E-state index in [2.05, 4.69) is 23.7 Å². The summed E-state index contributed by atoms with van der Waals surface area (Å²) in [5.74, 6) is 0. The minimum Gasteiger partial charge on any atom is -0.402 e. The molecule has 0 atom stereocenters. The third-order valence-corrected chi connectivity index (χ3v) is 4.77. The number of aliphatic hydroxyl groups excluding tert-OH is 6. The third kappa shape index (κ3) is 41.7. The lowest BCUT2D eigenvalue weighted by Crippen LogP contribution is -2.17. The average molecular weight is 496 g/mol. The van der Waals surface area contributed by atoms with E-state index in [0.717, 1.165) is 12.8 Å². The molecule has 0 aliphatic heterocycles. The van der Waals surface area contributed by atoms with Crippen molar-refractivity contribution in [2.24, 2.45) is 0 Å². The van der Waals surface area contributed by atoms with Gasteiger partial charge in [0, 0.05) is 6.61 Å². The first-order valence-corrected chi connectivity index (χ1v) is 12.8. The molecule has 0 heterocycles. The van der Waals surface area contributed by atoms with Gasteiger partial charge in [-0.05, 0) is 32.1 Å². The zero-order chi connectivity index (χ0) is 26.3. The van der Waals surface area contributed by atoms with Gasteiger partial charge in [0.05, 0.1) is 26.4 Å². The molecule has 206 valence electrons. The predicted molar refractivity (Wildman–Crippen MR) is 136 cm³/mol. The maximum atomic E-state index is 8.50. The molecule has 8 N–H and O–H groups in total. The van der Waals surface area contributed by atoms with Crippen molar-refractivity contribution >= 4 is 7.32 Å². The monoisotopic (exact) mass is 496 g/mol. The van der Waals surface area contributed by atoms with Gasteiger partial charge in [-0.3, -0.25) is 0 Å². The molecule has 0 aromatic carbocycles. The maximum absolute atomic E-state index is 8.50. The van der Waals surface area contributed by atoms with E-state index in [0.29, 0.717) is 6.61 Å². The summed E-state index contributed by atoms with van der Waals surface area (Å²) < 4.78 is 4.66. The summed E-state index contributed by atoms with van der Waals surface area (Å²) >= 11 is 0. The highest BCUT2D eigenvalue weighted by molar-refractivity contribution is 6.32. The molecule has 0 aromatic rings. The summed E-state index contributed by atoms with van der Waals surface area (Å²) in [5.41, 5.74) is 0. The van der Waals surface area contributed by atoms with Crippen LogP contribution in [0.3, 0.4) is 0 Å². The van der Waals surface area contributed by atoms with Crippen molar-refractivity contribution < 1.29 is 45.3 Å². The van der Waals surface area contributed by atoms with Crippen LogP contribution in [-0.2, 0) is 4.65 Å². The van der Waals surface area contributed by atoms with Gasteiger partial charge in [-0.15, -0.1) is 0 Å². The minimum absolute atomic E-state index is 0.365. The number of hydrogen-bond acceptors (Lipinski definition) is 9. The molecule has 0 saturated heterocycles. The molecular formula is C24H53BO9. The molecule has 0 aromatic heterocycles. The zero-order valence-electron chi connectivity index (χ0n) is 21.3. The van der Waals surface area contributed by atoms with Gasteiger partial charge in [-0.1, -0.05) is 76.9 Å². The van der Waals surface area contributed by atoms with Crippen molar-refractivity contribution in [3.05, 3.63) is 12.2 Å². The van der Waals surface area contributed by atoms with E-state index in [9.17, 15) is 0 Å². The second-order valence-corrected chi connectivity index (χ2v) is 8.17. The summed E-state index contributed by atoms with van der Waals surface area (Å²) in [5, 5.41) is 65.0. The fourth-order valence-electron chi connectivity index (χ4n) is 2.65. The first kappa shape index (κ1) is 38.0. The summed E-state index contributed by atoms with van der Waals surface area (Å²) in [6, 6.07) is 0. The molecule has 0 fully saturated rings. The largest absolute Gasteiger partial charge is 0.633 e. The zero-order valence-corrected chi connectivity index (χ0v) is 21.3. The van der Waals surface area contributed by atoms with Crippen molar-refractivity contribution in [2.75, 3.05) is 33.0 Å². The Morgan fingerprint density at radius 1 is 0.588 bits per heavy atom. The Labute approximate surface area is 207 Å². The average Bonchev–Trinajstić information content (AvgIpc) is 2.85. The van der Waals surface area contributed by atoms with Gasteiger partial charge in [-0.2, -0.15) is 0 Å². The van der Waals surface area contributed by atoms with E-state index < -0.39 is 19.5 Å². The van der Waals surface area contributed by atoms with Crippen LogP contribution in [0.15, 0.2) is 12.2 Å². The van der Waals surface area contributed by atoms with Gasteiger partial charge < -0.3 is 45.3 Å². The molecule has 9 nitrogen and oxygen atoms in total. The fraction of sp³-hybridized carbons (Fsp3) is 0.917. The lowest BCUT2D eigenvalue weighted by molar-refractivity contribution is 0.0450. The van der Waals surface area contributed by atoms with Crippen molar-refractivity contribution in [3.63, 3.8) is 0 Å². The van der Waals surface area contributed by atoms with Crippen molar-refractivity contribution in [2.45, 2.75) is 109 Å². The van der Waals surface area contributed by atoms with E-state index >= 15 is 0 Å². The second-order valence-electron chi connectivity index (χ2n) is 8.17. The molecule has 0 rings (SSSR count). The van der Waals surface area contributed by atoms with Crippen molar-refractivity contribution in [3.8, 4) is 0 Å². The van der Waals surface area contributed by atoms with Gasteiger partial charge in [0.25, 0.3) is 0 Å². The van der Waals surface area contributed by atoms with Gasteiger partial charge in [0.2, 0.25) is 0 Å². The first-order chi connectivity index (χ1) is 16.4. The molecule has 34 heavy (non-hydrogen) atoms. The molecule has 0 spiro atoms. The smallest absolute Gasteiger partial charge is 0.402 e. The highest BCUT2D eigenvalue weighted by Crippen LogP contribution is 2.09. The minimum atomic E-state index is -1.61. The molecule has 0 radical (unpaired) electrons. The van der Waals surface area contributed by atoms with Gasteiger partial charge >= 0.3 is 7.32 Å². The lowest BCUT2D eigenvalue weighted by atomic mass is 10.1. The molecule has 10 heteroatoms. The highest BCUT2D eigenvalue weighted by atomic mass is 16.6. The highest BCUT2D eigenvalue weighted by Gasteiger charge is 2.06. The van der Waals surface area contributed by atoms with Crippen LogP contribution in [-0.4, -0.2) is 93.3 Å².